The number of Topliss-reactive ketones (excluding diaryl/α,β-unsaturated/α-hetero) is 1. The molecule has 29 heavy (non-hydrogen) atoms. The number of pyridine rings is 1. The van der Waals surface area contributed by atoms with E-state index in [1.165, 1.54) is 24.4 Å². The number of ether oxygens (including phenoxy) is 1. The summed E-state index contributed by atoms with van der Waals surface area (Å²) in [5.74, 6) is -2.48. The highest BCUT2D eigenvalue weighted by Crippen LogP contribution is 2.34. The number of hydrogen-bond acceptors (Lipinski definition) is 5. The van der Waals surface area contributed by atoms with Crippen molar-refractivity contribution in [2.45, 2.75) is 26.4 Å². The highest BCUT2D eigenvalue weighted by atomic mass is 19.3. The lowest BCUT2D eigenvalue weighted by atomic mass is 9.85. The number of aromatic nitrogens is 1. The summed E-state index contributed by atoms with van der Waals surface area (Å²) in [5, 5.41) is 11.5. The summed E-state index contributed by atoms with van der Waals surface area (Å²) in [5.41, 5.74) is 1.22. The normalized spacial score (nSPS) is 14.6. The molecule has 1 aromatic heterocycles. The molecule has 2 N–H and O–H groups in total. The lowest BCUT2D eigenvalue weighted by Gasteiger charge is -2.20. The number of carbonyl (C=O) groups is 3. The van der Waals surface area contributed by atoms with Crippen LogP contribution in [-0.4, -0.2) is 34.4 Å². The number of aryl methyl sites for hydroxylation is 2. The molecule has 0 fully saturated rings. The summed E-state index contributed by atoms with van der Waals surface area (Å²) >= 11 is 0. The molecule has 1 amide bonds. The lowest BCUT2D eigenvalue weighted by Crippen LogP contribution is -2.18. The number of hydrogen-bond donors (Lipinski definition) is 2. The second-order valence-corrected chi connectivity index (χ2v) is 6.33. The van der Waals surface area contributed by atoms with Crippen molar-refractivity contribution in [1.29, 1.82) is 0 Å². The van der Waals surface area contributed by atoms with Gasteiger partial charge in [-0.15, -0.1) is 0 Å². The zero-order chi connectivity index (χ0) is 21.1. The first kappa shape index (κ1) is 20.1. The van der Waals surface area contributed by atoms with Gasteiger partial charge in [-0.2, -0.15) is 8.78 Å². The Hall–Kier alpha value is -3.62. The molecule has 0 radical (unpaired) electrons. The third-order valence-corrected chi connectivity index (χ3v) is 4.37. The molecular formula is C20H16F2N2O5. The standard InChI is InChI=1S/C20H16F2N2O5/c1-10-7-11-4-5-15(25)13(12(11)8-16(10)29-20(21)22)9-17(26)24-14-3-2-6-23-18(14)19(27)28/h2-3,6-9,20H,4-5H2,1H3,(H,24,26)(H,27,28)/b13-9-. The molecule has 150 valence electrons. The fraction of sp³-hybridized carbons (Fsp3) is 0.200. The Labute approximate surface area is 164 Å². The molecule has 0 atom stereocenters. The molecule has 7 nitrogen and oxygen atoms in total. The number of carbonyl (C=O) groups excluding carboxylic acids is 2. The molecule has 9 heteroatoms. The number of carboxylic acids is 1. The molecule has 0 aliphatic heterocycles. The van der Waals surface area contributed by atoms with E-state index in [0.717, 1.165) is 11.6 Å². The number of nitrogens with zero attached hydrogens (tertiary/aromatic N) is 1. The maximum atomic E-state index is 12.6. The molecule has 1 aliphatic carbocycles. The molecule has 0 saturated carbocycles. The zero-order valence-electron chi connectivity index (χ0n) is 15.2. The average molecular weight is 402 g/mol. The van der Waals surface area contributed by atoms with E-state index in [4.69, 9.17) is 5.11 Å². The van der Waals surface area contributed by atoms with Crippen LogP contribution in [0.3, 0.4) is 0 Å². The van der Waals surface area contributed by atoms with Crippen molar-refractivity contribution in [3.05, 3.63) is 58.9 Å². The predicted molar refractivity (Wildman–Crippen MR) is 98.9 cm³/mol. The van der Waals surface area contributed by atoms with Gasteiger partial charge in [-0.05, 0) is 48.2 Å². The number of carboxylic acid groups (broad SMARTS) is 1. The first-order valence-electron chi connectivity index (χ1n) is 8.59. The number of rotatable bonds is 5. The number of allylic oxidation sites excluding steroid dienone is 1. The number of amides is 1. The molecule has 0 unspecified atom stereocenters. The lowest BCUT2D eigenvalue weighted by molar-refractivity contribution is -0.115. The Morgan fingerprint density at radius 2 is 2.07 bits per heavy atom. The van der Waals surface area contributed by atoms with Crippen LogP contribution < -0.4 is 10.1 Å². The summed E-state index contributed by atoms with van der Waals surface area (Å²) < 4.78 is 29.8. The van der Waals surface area contributed by atoms with E-state index >= 15 is 0 Å². The van der Waals surface area contributed by atoms with Gasteiger partial charge in [0.15, 0.2) is 11.5 Å². The number of alkyl halides is 2. The molecule has 0 spiro atoms. The summed E-state index contributed by atoms with van der Waals surface area (Å²) in [6, 6.07) is 5.78. The van der Waals surface area contributed by atoms with Crippen molar-refractivity contribution >= 4 is 28.9 Å². The molecule has 2 aromatic rings. The van der Waals surface area contributed by atoms with Crippen LogP contribution in [0.25, 0.3) is 5.57 Å². The molecule has 1 heterocycles. The number of aromatic carboxylic acids is 1. The van der Waals surface area contributed by atoms with E-state index in [9.17, 15) is 23.2 Å². The highest BCUT2D eigenvalue weighted by molar-refractivity contribution is 6.27. The van der Waals surface area contributed by atoms with Crippen molar-refractivity contribution in [2.75, 3.05) is 5.32 Å². The van der Waals surface area contributed by atoms with Gasteiger partial charge in [0.1, 0.15) is 5.75 Å². The summed E-state index contributed by atoms with van der Waals surface area (Å²) in [7, 11) is 0. The van der Waals surface area contributed by atoms with Crippen LogP contribution in [0.1, 0.15) is 33.6 Å². The summed E-state index contributed by atoms with van der Waals surface area (Å²) in [6.07, 6.45) is 2.87. The van der Waals surface area contributed by atoms with Crippen molar-refractivity contribution in [1.82, 2.24) is 4.98 Å². The summed E-state index contributed by atoms with van der Waals surface area (Å²) in [4.78, 5) is 39.7. The van der Waals surface area contributed by atoms with Crippen LogP contribution in [0.5, 0.6) is 5.75 Å². The largest absolute Gasteiger partial charge is 0.476 e. The van der Waals surface area contributed by atoms with Gasteiger partial charge in [0, 0.05) is 24.3 Å². The second-order valence-electron chi connectivity index (χ2n) is 6.33. The van der Waals surface area contributed by atoms with Gasteiger partial charge in [-0.1, -0.05) is 6.07 Å². The van der Waals surface area contributed by atoms with Crippen LogP contribution in [-0.2, 0) is 16.0 Å². The van der Waals surface area contributed by atoms with Gasteiger partial charge >= 0.3 is 12.6 Å². The maximum Gasteiger partial charge on any atom is 0.387 e. The van der Waals surface area contributed by atoms with Crippen LogP contribution in [0.15, 0.2) is 36.5 Å². The SMILES string of the molecule is Cc1cc2c(cc1OC(F)F)/C(=C/C(=O)Nc1cccnc1C(=O)O)C(=O)CC2. The third-order valence-electron chi connectivity index (χ3n) is 4.37. The molecule has 3 rings (SSSR count). The van der Waals surface area contributed by atoms with E-state index < -0.39 is 18.5 Å². The fourth-order valence-electron chi connectivity index (χ4n) is 3.10. The topological polar surface area (TPSA) is 106 Å². The zero-order valence-corrected chi connectivity index (χ0v) is 15.2. The minimum Gasteiger partial charge on any atom is -0.476 e. The van der Waals surface area contributed by atoms with Gasteiger partial charge in [-0.25, -0.2) is 9.78 Å². The van der Waals surface area contributed by atoms with E-state index in [-0.39, 0.29) is 34.9 Å². The maximum absolute atomic E-state index is 12.6. The quantitative estimate of drug-likeness (QED) is 0.744. The second kappa shape index (κ2) is 8.17. The number of benzene rings is 1. The van der Waals surface area contributed by atoms with Crippen LogP contribution >= 0.6 is 0 Å². The molecule has 1 aliphatic rings. The van der Waals surface area contributed by atoms with Gasteiger partial charge in [0.2, 0.25) is 5.91 Å². The van der Waals surface area contributed by atoms with E-state index in [0.29, 0.717) is 17.5 Å². The average Bonchev–Trinajstić information content (AvgIpc) is 2.65. The Morgan fingerprint density at radius 3 is 2.76 bits per heavy atom. The number of nitrogens with one attached hydrogen (secondary N) is 1. The van der Waals surface area contributed by atoms with Crippen LogP contribution in [0.4, 0.5) is 14.5 Å². The fourth-order valence-corrected chi connectivity index (χ4v) is 3.10. The number of halogens is 2. The smallest absolute Gasteiger partial charge is 0.387 e. The monoisotopic (exact) mass is 402 g/mol. The Balaban J connectivity index is 1.96. The Bertz CT molecular complexity index is 1030. The first-order chi connectivity index (χ1) is 13.8. The molecular weight excluding hydrogens is 386 g/mol. The van der Waals surface area contributed by atoms with E-state index in [2.05, 4.69) is 15.0 Å². The summed E-state index contributed by atoms with van der Waals surface area (Å²) in [6.45, 7) is -1.41. The van der Waals surface area contributed by atoms with Gasteiger partial charge in [0.05, 0.1) is 5.69 Å². The van der Waals surface area contributed by atoms with Gasteiger partial charge in [-0.3, -0.25) is 9.59 Å². The minimum atomic E-state index is -3.03. The van der Waals surface area contributed by atoms with Gasteiger partial charge in [0.25, 0.3) is 0 Å². The van der Waals surface area contributed by atoms with Crippen molar-refractivity contribution in [2.24, 2.45) is 0 Å². The van der Waals surface area contributed by atoms with Crippen molar-refractivity contribution in [3.63, 3.8) is 0 Å². The molecule has 0 bridgehead atoms. The molecule has 1 aromatic carbocycles. The van der Waals surface area contributed by atoms with Crippen molar-refractivity contribution < 1.29 is 33.0 Å². The van der Waals surface area contributed by atoms with E-state index in [1.54, 1.807) is 13.0 Å². The number of ketones is 1. The Morgan fingerprint density at radius 1 is 1.31 bits per heavy atom. The third kappa shape index (κ3) is 4.45. The number of fused-ring (bicyclic) bond motifs is 1. The number of anilines is 1. The van der Waals surface area contributed by atoms with E-state index in [1.807, 2.05) is 0 Å². The van der Waals surface area contributed by atoms with Gasteiger partial charge < -0.3 is 15.2 Å². The predicted octanol–water partition coefficient (Wildman–Crippen LogP) is 3.23. The van der Waals surface area contributed by atoms with Crippen LogP contribution in [0.2, 0.25) is 0 Å². The van der Waals surface area contributed by atoms with Crippen LogP contribution in [0, 0.1) is 6.92 Å². The minimum absolute atomic E-state index is 0.0315. The van der Waals surface area contributed by atoms with Crippen molar-refractivity contribution in [3.8, 4) is 5.75 Å². The first-order valence-corrected chi connectivity index (χ1v) is 8.59. The molecule has 0 saturated heterocycles. The Kier molecular flexibility index (Phi) is 5.67. The highest BCUT2D eigenvalue weighted by Gasteiger charge is 2.25.